The highest BCUT2D eigenvalue weighted by Gasteiger charge is 2.14. The summed E-state index contributed by atoms with van der Waals surface area (Å²) in [7, 11) is 0. The van der Waals surface area contributed by atoms with Crippen LogP contribution in [0.15, 0.2) is 17.6 Å². The van der Waals surface area contributed by atoms with E-state index in [0.717, 1.165) is 17.5 Å². The molecule has 0 saturated carbocycles. The minimum Gasteiger partial charge on any atom is -0.481 e. The zero-order valence-electron chi connectivity index (χ0n) is 10.7. The van der Waals surface area contributed by atoms with Crippen LogP contribution < -0.4 is 0 Å². The van der Waals surface area contributed by atoms with Crippen LogP contribution in [0.3, 0.4) is 0 Å². The van der Waals surface area contributed by atoms with Gasteiger partial charge in [0.2, 0.25) is 0 Å². The number of carboxylic acid groups (broad SMARTS) is 1. The lowest BCUT2D eigenvalue weighted by Gasteiger charge is -2.07. The lowest BCUT2D eigenvalue weighted by atomic mass is 10.4. The van der Waals surface area contributed by atoms with E-state index in [1.165, 1.54) is 0 Å². The molecule has 2 aromatic rings. The average Bonchev–Trinajstić information content (AvgIpc) is 2.81. The molecule has 9 heteroatoms. The standard InChI is InChI=1S/C11H13N5O3S/c1-7-2-13-8(3-12-7)4-16-9(5-17)14-15-11(16)20-6-10(18)19/h2-3,17H,4-6H2,1H3,(H,18,19). The van der Waals surface area contributed by atoms with Crippen molar-refractivity contribution in [2.45, 2.75) is 25.2 Å². The molecule has 0 radical (unpaired) electrons. The zero-order valence-corrected chi connectivity index (χ0v) is 11.5. The highest BCUT2D eigenvalue weighted by atomic mass is 32.2. The van der Waals surface area contributed by atoms with Gasteiger partial charge in [-0.2, -0.15) is 0 Å². The number of nitrogens with zero attached hydrogens (tertiary/aromatic N) is 5. The second kappa shape index (κ2) is 6.44. The predicted molar refractivity (Wildman–Crippen MR) is 70.2 cm³/mol. The number of carboxylic acids is 1. The minimum absolute atomic E-state index is 0.122. The van der Waals surface area contributed by atoms with E-state index in [-0.39, 0.29) is 12.4 Å². The van der Waals surface area contributed by atoms with Crippen molar-refractivity contribution in [1.82, 2.24) is 24.7 Å². The third kappa shape index (κ3) is 3.52. The van der Waals surface area contributed by atoms with Crippen LogP contribution in [0, 0.1) is 6.92 Å². The SMILES string of the molecule is Cc1cnc(Cn2c(CO)nnc2SCC(=O)O)cn1. The van der Waals surface area contributed by atoms with Crippen LogP contribution in [-0.4, -0.2) is 46.7 Å². The Labute approximate surface area is 118 Å². The quantitative estimate of drug-likeness (QED) is 0.721. The molecule has 2 aromatic heterocycles. The molecule has 0 amide bonds. The Hall–Kier alpha value is -2.00. The number of aliphatic hydroxyl groups is 1. The van der Waals surface area contributed by atoms with Gasteiger partial charge in [-0.25, -0.2) is 0 Å². The molecule has 0 atom stereocenters. The number of hydrogen-bond acceptors (Lipinski definition) is 7. The summed E-state index contributed by atoms with van der Waals surface area (Å²) in [6.07, 6.45) is 3.27. The second-order valence-electron chi connectivity index (χ2n) is 3.97. The van der Waals surface area contributed by atoms with Gasteiger partial charge in [0.05, 0.1) is 29.9 Å². The molecule has 0 bridgehead atoms. The van der Waals surface area contributed by atoms with Gasteiger partial charge in [-0.3, -0.25) is 19.3 Å². The van der Waals surface area contributed by atoms with Crippen LogP contribution in [0.4, 0.5) is 0 Å². The summed E-state index contributed by atoms with van der Waals surface area (Å²) < 4.78 is 1.63. The number of thioether (sulfide) groups is 1. The van der Waals surface area contributed by atoms with Gasteiger partial charge in [0, 0.05) is 6.20 Å². The van der Waals surface area contributed by atoms with Gasteiger partial charge in [-0.1, -0.05) is 11.8 Å². The fourth-order valence-corrected chi connectivity index (χ4v) is 2.17. The highest BCUT2D eigenvalue weighted by Crippen LogP contribution is 2.18. The van der Waals surface area contributed by atoms with Gasteiger partial charge in [-0.15, -0.1) is 10.2 Å². The van der Waals surface area contributed by atoms with E-state index >= 15 is 0 Å². The van der Waals surface area contributed by atoms with Crippen LogP contribution in [-0.2, 0) is 17.9 Å². The summed E-state index contributed by atoms with van der Waals surface area (Å²) in [5.74, 6) is -0.700. The van der Waals surface area contributed by atoms with E-state index in [0.29, 0.717) is 23.2 Å². The molecule has 2 N–H and O–H groups in total. The summed E-state index contributed by atoms with van der Waals surface area (Å²) in [4.78, 5) is 19.0. The Morgan fingerprint density at radius 2 is 2.15 bits per heavy atom. The Balaban J connectivity index is 2.21. The number of rotatable bonds is 6. The van der Waals surface area contributed by atoms with Gasteiger partial charge in [0.25, 0.3) is 0 Å². The van der Waals surface area contributed by atoms with Crippen molar-refractivity contribution < 1.29 is 15.0 Å². The maximum absolute atomic E-state index is 10.6. The summed E-state index contributed by atoms with van der Waals surface area (Å²) in [5.41, 5.74) is 1.49. The molecule has 106 valence electrons. The van der Waals surface area contributed by atoms with Crippen LogP contribution in [0.5, 0.6) is 0 Å². The fourth-order valence-electron chi connectivity index (χ4n) is 1.49. The summed E-state index contributed by atoms with van der Waals surface area (Å²) >= 11 is 1.04. The molecular weight excluding hydrogens is 282 g/mol. The molecule has 8 nitrogen and oxygen atoms in total. The molecule has 0 saturated heterocycles. The molecule has 20 heavy (non-hydrogen) atoms. The molecule has 2 heterocycles. The smallest absolute Gasteiger partial charge is 0.313 e. The van der Waals surface area contributed by atoms with E-state index in [1.807, 2.05) is 6.92 Å². The molecule has 0 aliphatic carbocycles. The third-order valence-corrected chi connectivity index (χ3v) is 3.37. The predicted octanol–water partition coefficient (Wildman–Crippen LogP) is 0.0938. The Kier molecular flexibility index (Phi) is 4.64. The van der Waals surface area contributed by atoms with Crippen molar-refractivity contribution in [3.63, 3.8) is 0 Å². The van der Waals surface area contributed by atoms with Crippen LogP contribution >= 0.6 is 11.8 Å². The van der Waals surface area contributed by atoms with Crippen LogP contribution in [0.2, 0.25) is 0 Å². The Morgan fingerprint density at radius 3 is 2.75 bits per heavy atom. The zero-order chi connectivity index (χ0) is 14.5. The van der Waals surface area contributed by atoms with E-state index in [4.69, 9.17) is 5.11 Å². The maximum atomic E-state index is 10.6. The number of aromatic nitrogens is 5. The normalized spacial score (nSPS) is 10.7. The first-order valence-electron chi connectivity index (χ1n) is 5.75. The molecular formula is C11H13N5O3S. The molecule has 0 aliphatic rings. The fraction of sp³-hybridized carbons (Fsp3) is 0.364. The highest BCUT2D eigenvalue weighted by molar-refractivity contribution is 7.99. The van der Waals surface area contributed by atoms with Crippen molar-refractivity contribution in [3.05, 3.63) is 29.6 Å². The largest absolute Gasteiger partial charge is 0.481 e. The van der Waals surface area contributed by atoms with Crippen LogP contribution in [0.1, 0.15) is 17.2 Å². The Bertz CT molecular complexity index is 599. The number of aliphatic hydroxyl groups excluding tert-OH is 1. The van der Waals surface area contributed by atoms with E-state index in [2.05, 4.69) is 20.2 Å². The molecule has 0 unspecified atom stereocenters. The number of aryl methyl sites for hydroxylation is 1. The summed E-state index contributed by atoms with van der Waals surface area (Å²) in [6, 6.07) is 0. The molecule has 0 aliphatic heterocycles. The van der Waals surface area contributed by atoms with Gasteiger partial charge in [0.1, 0.15) is 6.61 Å². The van der Waals surface area contributed by atoms with Crippen molar-refractivity contribution >= 4 is 17.7 Å². The number of carbonyl (C=O) groups is 1. The van der Waals surface area contributed by atoms with Crippen LogP contribution in [0.25, 0.3) is 0 Å². The third-order valence-electron chi connectivity index (χ3n) is 2.41. The minimum atomic E-state index is -0.940. The van der Waals surface area contributed by atoms with E-state index in [1.54, 1.807) is 17.0 Å². The van der Waals surface area contributed by atoms with Gasteiger partial charge >= 0.3 is 5.97 Å². The lowest BCUT2D eigenvalue weighted by Crippen LogP contribution is -2.09. The van der Waals surface area contributed by atoms with Gasteiger partial charge in [0.15, 0.2) is 11.0 Å². The topological polar surface area (TPSA) is 114 Å². The summed E-state index contributed by atoms with van der Waals surface area (Å²) in [6.45, 7) is 1.89. The average molecular weight is 295 g/mol. The van der Waals surface area contributed by atoms with Gasteiger partial charge < -0.3 is 10.2 Å². The maximum Gasteiger partial charge on any atom is 0.313 e. The van der Waals surface area contributed by atoms with E-state index in [9.17, 15) is 9.90 Å². The molecule has 2 rings (SSSR count). The van der Waals surface area contributed by atoms with Crippen molar-refractivity contribution in [1.29, 1.82) is 0 Å². The molecule has 0 spiro atoms. The first kappa shape index (κ1) is 14.4. The van der Waals surface area contributed by atoms with Crippen molar-refractivity contribution in [2.75, 3.05) is 5.75 Å². The van der Waals surface area contributed by atoms with Crippen molar-refractivity contribution in [3.8, 4) is 0 Å². The monoisotopic (exact) mass is 295 g/mol. The summed E-state index contributed by atoms with van der Waals surface area (Å²) in [5, 5.41) is 26.1. The van der Waals surface area contributed by atoms with Gasteiger partial charge in [-0.05, 0) is 6.92 Å². The van der Waals surface area contributed by atoms with E-state index < -0.39 is 5.97 Å². The second-order valence-corrected chi connectivity index (χ2v) is 4.92. The molecule has 0 fully saturated rings. The number of hydrogen-bond donors (Lipinski definition) is 2. The Morgan fingerprint density at radius 1 is 1.35 bits per heavy atom. The lowest BCUT2D eigenvalue weighted by molar-refractivity contribution is -0.133. The molecule has 0 aromatic carbocycles. The first-order chi connectivity index (χ1) is 9.60. The first-order valence-corrected chi connectivity index (χ1v) is 6.73. The number of aliphatic carboxylic acids is 1. The van der Waals surface area contributed by atoms with Crippen molar-refractivity contribution in [2.24, 2.45) is 0 Å².